The largest absolute Gasteiger partial charge is 0.310 e. The van der Waals surface area contributed by atoms with Gasteiger partial charge in [-0.1, -0.05) is 121 Å². The Bertz CT molecular complexity index is 2520. The van der Waals surface area contributed by atoms with E-state index >= 15 is 0 Å². The lowest BCUT2D eigenvalue weighted by atomic mass is 9.92. The molecule has 2 nitrogen and oxygen atoms in total. The average molecular weight is 605 g/mol. The van der Waals surface area contributed by atoms with E-state index in [1.54, 1.807) is 11.3 Å². The molecule has 46 heavy (non-hydrogen) atoms. The third-order valence-corrected chi connectivity index (χ3v) is 9.96. The Balaban J connectivity index is 1.34. The lowest BCUT2D eigenvalue weighted by Gasteiger charge is -2.26. The van der Waals surface area contributed by atoms with E-state index < -0.39 is 0 Å². The van der Waals surface area contributed by atoms with Crippen LogP contribution in [0.3, 0.4) is 0 Å². The zero-order valence-electron chi connectivity index (χ0n) is 25.0. The third kappa shape index (κ3) is 4.52. The normalized spacial score (nSPS) is 11.5. The van der Waals surface area contributed by atoms with Crippen LogP contribution in [0.2, 0.25) is 0 Å². The Kier molecular flexibility index (Phi) is 6.36. The van der Waals surface area contributed by atoms with Gasteiger partial charge in [0.15, 0.2) is 0 Å². The van der Waals surface area contributed by atoms with E-state index in [2.05, 4.69) is 175 Å². The molecule has 0 unspecified atom stereocenters. The molecule has 9 rings (SSSR count). The van der Waals surface area contributed by atoms with Gasteiger partial charge in [0, 0.05) is 28.0 Å². The van der Waals surface area contributed by atoms with Crippen LogP contribution in [0.15, 0.2) is 170 Å². The van der Waals surface area contributed by atoms with Crippen LogP contribution in [-0.4, -0.2) is 4.98 Å². The highest BCUT2D eigenvalue weighted by Crippen LogP contribution is 2.45. The van der Waals surface area contributed by atoms with Crippen molar-refractivity contribution in [3.8, 4) is 21.7 Å². The summed E-state index contributed by atoms with van der Waals surface area (Å²) in [7, 11) is 0. The smallest absolute Gasteiger partial charge is 0.124 e. The molecule has 0 fully saturated rings. The quantitative estimate of drug-likeness (QED) is 0.182. The summed E-state index contributed by atoms with van der Waals surface area (Å²) in [5.41, 5.74) is 8.00. The number of thiazole rings is 1. The molecular weight excluding hydrogens is 577 g/mol. The maximum Gasteiger partial charge on any atom is 0.124 e. The maximum absolute atomic E-state index is 5.13. The monoisotopic (exact) mass is 604 g/mol. The van der Waals surface area contributed by atoms with E-state index in [1.807, 2.05) is 0 Å². The molecule has 1 aromatic heterocycles. The molecule has 0 radical (unpaired) electrons. The van der Waals surface area contributed by atoms with Crippen LogP contribution in [-0.2, 0) is 0 Å². The van der Waals surface area contributed by atoms with Crippen LogP contribution in [0.25, 0.3) is 64.2 Å². The molecule has 0 amide bonds. The summed E-state index contributed by atoms with van der Waals surface area (Å²) in [6.07, 6.45) is 0. The first-order valence-electron chi connectivity index (χ1n) is 15.5. The van der Waals surface area contributed by atoms with Crippen molar-refractivity contribution < 1.29 is 0 Å². The second-order valence-electron chi connectivity index (χ2n) is 11.6. The number of nitrogens with zero attached hydrogens (tertiary/aromatic N) is 2. The Hall–Kier alpha value is -5.77. The zero-order valence-corrected chi connectivity index (χ0v) is 25.8. The molecule has 0 aliphatic heterocycles. The molecular formula is C43H28N2S. The first kappa shape index (κ1) is 26.6. The number of benzene rings is 8. The molecule has 3 heteroatoms. The summed E-state index contributed by atoms with van der Waals surface area (Å²) >= 11 is 1.78. The predicted molar refractivity (Wildman–Crippen MR) is 198 cm³/mol. The highest BCUT2D eigenvalue weighted by atomic mass is 32.1. The van der Waals surface area contributed by atoms with Crippen molar-refractivity contribution in [2.45, 2.75) is 0 Å². The van der Waals surface area contributed by atoms with Gasteiger partial charge < -0.3 is 4.90 Å². The van der Waals surface area contributed by atoms with Gasteiger partial charge in [-0.2, -0.15) is 0 Å². The van der Waals surface area contributed by atoms with Crippen molar-refractivity contribution in [1.82, 2.24) is 4.98 Å². The average Bonchev–Trinajstić information content (AvgIpc) is 3.57. The molecule has 0 aliphatic carbocycles. The second-order valence-corrected chi connectivity index (χ2v) is 12.6. The van der Waals surface area contributed by atoms with E-state index in [9.17, 15) is 0 Å². The van der Waals surface area contributed by atoms with Crippen molar-refractivity contribution in [3.63, 3.8) is 0 Å². The molecule has 0 atom stereocenters. The number of aromatic nitrogens is 1. The Labute approximate surface area is 271 Å². The van der Waals surface area contributed by atoms with Crippen LogP contribution in [0, 0.1) is 0 Å². The van der Waals surface area contributed by atoms with Gasteiger partial charge in [-0.05, 0) is 86.6 Å². The lowest BCUT2D eigenvalue weighted by Crippen LogP contribution is -2.09. The minimum absolute atomic E-state index is 1.03. The van der Waals surface area contributed by atoms with Crippen LogP contribution in [0.4, 0.5) is 17.1 Å². The van der Waals surface area contributed by atoms with Crippen molar-refractivity contribution in [2.24, 2.45) is 0 Å². The van der Waals surface area contributed by atoms with Gasteiger partial charge >= 0.3 is 0 Å². The number of hydrogen-bond acceptors (Lipinski definition) is 3. The standard InChI is InChI=1S/C43H28N2S/c1-4-13-30(14-5-1)38-27-33-21-23-36(45(34-18-8-3-9-19-34)35-22-20-29-12-10-11-17-32(29)26-35)28-39(33)41-37(38)24-25-40-42(41)46-43(44-40)31-15-6-2-7-16-31/h1-28H. The summed E-state index contributed by atoms with van der Waals surface area (Å²) < 4.78 is 1.22. The van der Waals surface area contributed by atoms with Crippen LogP contribution < -0.4 is 4.90 Å². The van der Waals surface area contributed by atoms with Crippen molar-refractivity contribution >= 4 is 70.9 Å². The zero-order chi connectivity index (χ0) is 30.5. The molecule has 0 spiro atoms. The summed E-state index contributed by atoms with van der Waals surface area (Å²) in [5.74, 6) is 0. The molecule has 1 heterocycles. The molecule has 8 aromatic carbocycles. The van der Waals surface area contributed by atoms with Gasteiger partial charge in [0.25, 0.3) is 0 Å². The molecule has 216 valence electrons. The third-order valence-electron chi connectivity index (χ3n) is 8.82. The highest BCUT2D eigenvalue weighted by Gasteiger charge is 2.18. The van der Waals surface area contributed by atoms with Gasteiger partial charge in [-0.3, -0.25) is 0 Å². The van der Waals surface area contributed by atoms with Gasteiger partial charge in [0.2, 0.25) is 0 Å². The van der Waals surface area contributed by atoms with Crippen LogP contribution in [0.5, 0.6) is 0 Å². The summed E-state index contributed by atoms with van der Waals surface area (Å²) in [6, 6.07) is 60.9. The molecule has 9 aromatic rings. The summed E-state index contributed by atoms with van der Waals surface area (Å²) in [6.45, 7) is 0. The van der Waals surface area contributed by atoms with E-state index in [4.69, 9.17) is 4.98 Å². The Morgan fingerprint density at radius 2 is 1.07 bits per heavy atom. The molecule has 0 N–H and O–H groups in total. The minimum atomic E-state index is 1.03. The summed E-state index contributed by atoms with van der Waals surface area (Å²) in [4.78, 5) is 7.50. The number of fused-ring (bicyclic) bond motifs is 6. The minimum Gasteiger partial charge on any atom is -0.310 e. The maximum atomic E-state index is 5.13. The van der Waals surface area contributed by atoms with E-state index in [1.165, 1.54) is 48.1 Å². The van der Waals surface area contributed by atoms with Gasteiger partial charge in [0.05, 0.1) is 10.2 Å². The molecule has 0 saturated carbocycles. The Morgan fingerprint density at radius 3 is 1.83 bits per heavy atom. The van der Waals surface area contributed by atoms with Gasteiger partial charge in [0.1, 0.15) is 5.01 Å². The molecule has 0 aliphatic rings. The highest BCUT2D eigenvalue weighted by molar-refractivity contribution is 7.22. The second kappa shape index (κ2) is 11.0. The number of hydrogen-bond donors (Lipinski definition) is 0. The van der Waals surface area contributed by atoms with Gasteiger partial charge in [-0.25, -0.2) is 4.98 Å². The van der Waals surface area contributed by atoms with E-state index in [0.29, 0.717) is 0 Å². The fraction of sp³-hybridized carbons (Fsp3) is 0. The fourth-order valence-corrected chi connectivity index (χ4v) is 7.78. The van der Waals surface area contributed by atoms with Crippen LogP contribution in [0.1, 0.15) is 0 Å². The topological polar surface area (TPSA) is 16.1 Å². The first-order valence-corrected chi connectivity index (χ1v) is 16.4. The van der Waals surface area contributed by atoms with Crippen molar-refractivity contribution in [1.29, 1.82) is 0 Å². The Morgan fingerprint density at radius 1 is 0.435 bits per heavy atom. The first-order chi connectivity index (χ1) is 22.8. The number of para-hydroxylation sites is 1. The fourth-order valence-electron chi connectivity index (χ4n) is 6.64. The SMILES string of the molecule is c1ccc(-c2nc3ccc4c(-c5ccccc5)cc5ccc(N(c6ccccc6)c6ccc7ccccc7c6)cc5c4c3s2)cc1. The summed E-state index contributed by atoms with van der Waals surface area (Å²) in [5, 5.41) is 8.43. The van der Waals surface area contributed by atoms with E-state index in [-0.39, 0.29) is 0 Å². The number of rotatable bonds is 5. The number of anilines is 3. The van der Waals surface area contributed by atoms with Crippen molar-refractivity contribution in [3.05, 3.63) is 170 Å². The van der Waals surface area contributed by atoms with Crippen LogP contribution >= 0.6 is 11.3 Å². The van der Waals surface area contributed by atoms with Gasteiger partial charge in [-0.15, -0.1) is 11.3 Å². The van der Waals surface area contributed by atoms with Crippen molar-refractivity contribution in [2.75, 3.05) is 4.90 Å². The van der Waals surface area contributed by atoms with E-state index in [0.717, 1.165) is 33.1 Å². The lowest BCUT2D eigenvalue weighted by molar-refractivity contribution is 1.29. The predicted octanol–water partition coefficient (Wildman–Crippen LogP) is 12.6. The molecule has 0 bridgehead atoms. The molecule has 0 saturated heterocycles.